The molecule has 0 heterocycles. The molecule has 1 aromatic carbocycles. The van der Waals surface area contributed by atoms with Gasteiger partial charge in [-0.1, -0.05) is 19.9 Å². The van der Waals surface area contributed by atoms with E-state index in [-0.39, 0.29) is 29.9 Å². The summed E-state index contributed by atoms with van der Waals surface area (Å²) >= 11 is 0. The van der Waals surface area contributed by atoms with Crippen molar-refractivity contribution in [3.8, 4) is 5.75 Å². The topological polar surface area (TPSA) is 76.2 Å². The highest BCUT2D eigenvalue weighted by molar-refractivity contribution is 7.87. The number of amides is 1. The Hall–Kier alpha value is -1.80. The molecule has 0 aliphatic carbocycles. The number of hydrogen-bond acceptors (Lipinski definition) is 6. The molecular weight excluding hydrogens is 392 g/mol. The first-order valence-electron chi connectivity index (χ1n) is 10.2. The summed E-state index contributed by atoms with van der Waals surface area (Å²) in [7, 11) is -2.10. The Bertz CT molecular complexity index is 745. The molecule has 8 heteroatoms. The minimum Gasteiger partial charge on any atom is -0.383 e. The fourth-order valence-corrected chi connectivity index (χ4v) is 3.46. The van der Waals surface area contributed by atoms with E-state index in [4.69, 9.17) is 8.92 Å². The van der Waals surface area contributed by atoms with Gasteiger partial charge in [0.05, 0.1) is 12.4 Å². The van der Waals surface area contributed by atoms with Crippen LogP contribution in [0.4, 0.5) is 5.69 Å². The Morgan fingerprint density at radius 3 is 2.31 bits per heavy atom. The monoisotopic (exact) mass is 428 g/mol. The average molecular weight is 429 g/mol. The zero-order valence-electron chi connectivity index (χ0n) is 18.6. The number of benzene rings is 1. The minimum absolute atomic E-state index is 0.00849. The van der Waals surface area contributed by atoms with E-state index in [9.17, 15) is 13.2 Å². The molecule has 0 bridgehead atoms. The summed E-state index contributed by atoms with van der Waals surface area (Å²) in [6, 6.07) is 5.53. The lowest BCUT2D eigenvalue weighted by atomic mass is 10.1. The van der Waals surface area contributed by atoms with E-state index in [1.165, 1.54) is 0 Å². The van der Waals surface area contributed by atoms with E-state index in [0.29, 0.717) is 25.1 Å². The van der Waals surface area contributed by atoms with Crippen molar-refractivity contribution < 1.29 is 22.1 Å². The fraction of sp³-hybridized carbons (Fsp3) is 0.667. The number of methoxy groups -OCH3 is 1. The molecule has 7 nitrogen and oxygen atoms in total. The van der Waals surface area contributed by atoms with Crippen LogP contribution in [0.5, 0.6) is 5.75 Å². The van der Waals surface area contributed by atoms with Gasteiger partial charge in [0, 0.05) is 57.0 Å². The highest BCUT2D eigenvalue weighted by Crippen LogP contribution is 2.29. The SMILES string of the molecule is CCN(CC)c1ccc(CN(CCOC)C(=O)CC(C)C)c(OS(=O)(=O)CC)c1. The molecule has 0 unspecified atom stereocenters. The largest absolute Gasteiger partial charge is 0.383 e. The van der Waals surface area contributed by atoms with Crippen molar-refractivity contribution in [2.75, 3.05) is 44.0 Å². The van der Waals surface area contributed by atoms with Crippen molar-refractivity contribution in [2.45, 2.75) is 47.6 Å². The van der Waals surface area contributed by atoms with Crippen LogP contribution >= 0.6 is 0 Å². The molecule has 1 amide bonds. The molecule has 0 aromatic heterocycles. The fourth-order valence-electron chi connectivity index (χ4n) is 2.91. The number of anilines is 1. The van der Waals surface area contributed by atoms with Crippen molar-refractivity contribution in [3.63, 3.8) is 0 Å². The van der Waals surface area contributed by atoms with Gasteiger partial charge >= 0.3 is 10.1 Å². The molecular formula is C21H36N2O5S. The van der Waals surface area contributed by atoms with E-state index >= 15 is 0 Å². The number of hydrogen-bond donors (Lipinski definition) is 0. The van der Waals surface area contributed by atoms with Gasteiger partial charge in [-0.05, 0) is 32.8 Å². The van der Waals surface area contributed by atoms with E-state index < -0.39 is 10.1 Å². The molecule has 0 radical (unpaired) electrons. The molecule has 29 heavy (non-hydrogen) atoms. The molecule has 166 valence electrons. The van der Waals surface area contributed by atoms with Gasteiger partial charge in [0.2, 0.25) is 5.91 Å². The first-order valence-corrected chi connectivity index (χ1v) is 11.8. The van der Waals surface area contributed by atoms with Crippen LogP contribution in [0.1, 0.15) is 46.6 Å². The van der Waals surface area contributed by atoms with Gasteiger partial charge in [-0.25, -0.2) is 0 Å². The molecule has 0 saturated carbocycles. The normalized spacial score (nSPS) is 11.6. The van der Waals surface area contributed by atoms with Gasteiger partial charge < -0.3 is 18.7 Å². The predicted octanol–water partition coefficient (Wildman–Crippen LogP) is 3.28. The molecule has 1 aromatic rings. The second-order valence-electron chi connectivity index (χ2n) is 7.30. The van der Waals surface area contributed by atoms with Gasteiger partial charge in [0.15, 0.2) is 0 Å². The summed E-state index contributed by atoms with van der Waals surface area (Å²) < 4.78 is 34.8. The Morgan fingerprint density at radius 2 is 1.79 bits per heavy atom. The number of carbonyl (C=O) groups is 1. The lowest BCUT2D eigenvalue weighted by Gasteiger charge is -2.26. The number of carbonyl (C=O) groups excluding carboxylic acids is 1. The van der Waals surface area contributed by atoms with E-state index in [1.807, 2.05) is 39.8 Å². The predicted molar refractivity (Wildman–Crippen MR) is 117 cm³/mol. The van der Waals surface area contributed by atoms with Gasteiger partial charge in [-0.15, -0.1) is 0 Å². The molecule has 0 aliphatic heterocycles. The van der Waals surface area contributed by atoms with Crippen LogP contribution in [0.25, 0.3) is 0 Å². The Balaban J connectivity index is 3.28. The van der Waals surface area contributed by atoms with Crippen molar-refractivity contribution in [2.24, 2.45) is 5.92 Å². The van der Waals surface area contributed by atoms with Crippen LogP contribution in [-0.2, 0) is 26.2 Å². The smallest absolute Gasteiger partial charge is 0.308 e. The summed E-state index contributed by atoms with van der Waals surface area (Å²) in [5.74, 6) is 0.390. The van der Waals surface area contributed by atoms with E-state index in [1.54, 1.807) is 25.0 Å². The highest BCUT2D eigenvalue weighted by atomic mass is 32.2. The lowest BCUT2D eigenvalue weighted by molar-refractivity contribution is -0.133. The van der Waals surface area contributed by atoms with Crippen molar-refractivity contribution >= 4 is 21.7 Å². The van der Waals surface area contributed by atoms with E-state index in [2.05, 4.69) is 4.90 Å². The van der Waals surface area contributed by atoms with Crippen molar-refractivity contribution in [1.29, 1.82) is 0 Å². The number of ether oxygens (including phenoxy) is 1. The first kappa shape index (κ1) is 25.2. The second kappa shape index (κ2) is 12.0. The zero-order chi connectivity index (χ0) is 22.0. The quantitative estimate of drug-likeness (QED) is 0.449. The Morgan fingerprint density at radius 1 is 1.14 bits per heavy atom. The third kappa shape index (κ3) is 8.22. The molecule has 1 rings (SSSR count). The van der Waals surface area contributed by atoms with Crippen LogP contribution in [0, 0.1) is 5.92 Å². The summed E-state index contributed by atoms with van der Waals surface area (Å²) in [6.45, 7) is 12.3. The molecule has 0 saturated heterocycles. The standard InChI is InChI=1S/C21H36N2O5S/c1-7-22(8-2)19-11-10-18(20(15-19)28-29(25,26)9-3)16-23(12-13-27-6)21(24)14-17(4)5/h10-11,15,17H,7-9,12-14,16H2,1-6H3. The first-order chi connectivity index (χ1) is 13.7. The second-order valence-corrected chi connectivity index (χ2v) is 9.16. The maximum Gasteiger partial charge on any atom is 0.308 e. The third-order valence-corrected chi connectivity index (χ3v) is 5.75. The molecule has 0 N–H and O–H groups in total. The number of nitrogens with zero attached hydrogens (tertiary/aromatic N) is 2. The van der Waals surface area contributed by atoms with Crippen LogP contribution in [-0.4, -0.2) is 58.3 Å². The number of rotatable bonds is 13. The molecule has 0 fully saturated rings. The maximum absolute atomic E-state index is 12.7. The summed E-state index contributed by atoms with van der Waals surface area (Å²) in [5.41, 5.74) is 1.54. The van der Waals surface area contributed by atoms with Gasteiger partial charge in [0.25, 0.3) is 0 Å². The lowest BCUT2D eigenvalue weighted by Crippen LogP contribution is -2.34. The summed E-state index contributed by atoms with van der Waals surface area (Å²) in [5, 5.41) is 0. The van der Waals surface area contributed by atoms with Crippen LogP contribution < -0.4 is 9.08 Å². The Kier molecular flexibility index (Phi) is 10.5. The van der Waals surface area contributed by atoms with Crippen LogP contribution in [0.15, 0.2) is 18.2 Å². The summed E-state index contributed by atoms with van der Waals surface area (Å²) in [6.07, 6.45) is 0.421. The average Bonchev–Trinajstić information content (AvgIpc) is 2.66. The highest BCUT2D eigenvalue weighted by Gasteiger charge is 2.20. The maximum atomic E-state index is 12.7. The van der Waals surface area contributed by atoms with E-state index in [0.717, 1.165) is 18.8 Å². The van der Waals surface area contributed by atoms with Crippen LogP contribution in [0.2, 0.25) is 0 Å². The molecule has 0 atom stereocenters. The molecule has 0 spiro atoms. The third-order valence-electron chi connectivity index (χ3n) is 4.61. The zero-order valence-corrected chi connectivity index (χ0v) is 19.4. The van der Waals surface area contributed by atoms with Gasteiger partial charge in [-0.2, -0.15) is 8.42 Å². The van der Waals surface area contributed by atoms with Crippen molar-refractivity contribution in [3.05, 3.63) is 23.8 Å². The Labute approximate surface area is 176 Å². The molecule has 0 aliphatic rings. The van der Waals surface area contributed by atoms with Gasteiger partial charge in [-0.3, -0.25) is 4.79 Å². The minimum atomic E-state index is -3.69. The van der Waals surface area contributed by atoms with Crippen LogP contribution in [0.3, 0.4) is 0 Å². The van der Waals surface area contributed by atoms with Gasteiger partial charge in [0.1, 0.15) is 5.75 Å². The summed E-state index contributed by atoms with van der Waals surface area (Å²) in [4.78, 5) is 16.5. The van der Waals surface area contributed by atoms with Crippen molar-refractivity contribution in [1.82, 2.24) is 4.90 Å².